The van der Waals surface area contributed by atoms with E-state index in [-0.39, 0.29) is 13.2 Å². The summed E-state index contributed by atoms with van der Waals surface area (Å²) < 4.78 is 21.6. The number of oxazole rings is 1. The minimum absolute atomic E-state index is 0.0356. The number of carbonyl (C=O) groups excluding carboxylic acids is 1. The van der Waals surface area contributed by atoms with E-state index in [4.69, 9.17) is 18.6 Å². The van der Waals surface area contributed by atoms with Crippen LogP contribution in [0.4, 0.5) is 0 Å². The lowest BCUT2D eigenvalue weighted by molar-refractivity contribution is -0.147. The van der Waals surface area contributed by atoms with E-state index in [1.165, 1.54) is 11.3 Å². The van der Waals surface area contributed by atoms with Crippen molar-refractivity contribution >= 4 is 17.3 Å². The van der Waals surface area contributed by atoms with Gasteiger partial charge in [0.25, 0.3) is 0 Å². The molecular weight excluding hydrogens is 354 g/mol. The van der Waals surface area contributed by atoms with Crippen molar-refractivity contribution in [1.82, 2.24) is 4.98 Å². The second-order valence-electron chi connectivity index (χ2n) is 5.60. The third-order valence-electron chi connectivity index (χ3n) is 3.66. The van der Waals surface area contributed by atoms with Gasteiger partial charge in [0, 0.05) is 0 Å². The molecule has 0 saturated carbocycles. The molecule has 26 heavy (non-hydrogen) atoms. The van der Waals surface area contributed by atoms with Gasteiger partial charge in [-0.15, -0.1) is 11.3 Å². The number of aromatic nitrogens is 1. The predicted molar refractivity (Wildman–Crippen MR) is 97.6 cm³/mol. The minimum atomic E-state index is -0.493. The maximum Gasteiger partial charge on any atom is 0.344 e. The van der Waals surface area contributed by atoms with Crippen LogP contribution < -0.4 is 9.47 Å². The van der Waals surface area contributed by atoms with E-state index in [1.54, 1.807) is 20.1 Å². The molecule has 7 heteroatoms. The molecule has 3 aromatic rings. The van der Waals surface area contributed by atoms with Crippen LogP contribution in [0.1, 0.15) is 17.0 Å². The van der Waals surface area contributed by atoms with Crippen molar-refractivity contribution in [3.8, 4) is 22.3 Å². The predicted octanol–water partition coefficient (Wildman–Crippen LogP) is 4.15. The number of benzene rings is 1. The lowest BCUT2D eigenvalue weighted by atomic mass is 10.2. The summed E-state index contributed by atoms with van der Waals surface area (Å²) in [6, 6.07) is 9.33. The Kier molecular flexibility index (Phi) is 5.58. The van der Waals surface area contributed by atoms with Crippen molar-refractivity contribution in [2.75, 3.05) is 13.7 Å². The van der Waals surface area contributed by atoms with E-state index in [0.717, 1.165) is 10.4 Å². The van der Waals surface area contributed by atoms with Crippen molar-refractivity contribution < 1.29 is 23.4 Å². The molecule has 0 unspecified atom stereocenters. The van der Waals surface area contributed by atoms with Crippen LogP contribution in [0.15, 0.2) is 40.1 Å². The number of hydrogen-bond acceptors (Lipinski definition) is 7. The first kappa shape index (κ1) is 18.0. The molecule has 0 spiro atoms. The number of carbonyl (C=O) groups is 1. The second kappa shape index (κ2) is 8.05. The smallest absolute Gasteiger partial charge is 0.344 e. The van der Waals surface area contributed by atoms with E-state index in [1.807, 2.05) is 36.6 Å². The highest BCUT2D eigenvalue weighted by molar-refractivity contribution is 7.13. The topological polar surface area (TPSA) is 70.8 Å². The zero-order chi connectivity index (χ0) is 18.5. The monoisotopic (exact) mass is 373 g/mol. The van der Waals surface area contributed by atoms with Crippen LogP contribution >= 0.6 is 11.3 Å². The number of hydrogen-bond donors (Lipinski definition) is 0. The van der Waals surface area contributed by atoms with Crippen molar-refractivity contribution in [3.63, 3.8) is 0 Å². The molecule has 0 atom stereocenters. The second-order valence-corrected chi connectivity index (χ2v) is 6.55. The van der Waals surface area contributed by atoms with Crippen LogP contribution in [-0.2, 0) is 16.1 Å². The van der Waals surface area contributed by atoms with Gasteiger partial charge in [0.2, 0.25) is 5.89 Å². The highest BCUT2D eigenvalue weighted by Crippen LogP contribution is 2.28. The quantitative estimate of drug-likeness (QED) is 0.580. The van der Waals surface area contributed by atoms with Crippen molar-refractivity contribution in [3.05, 3.63) is 52.7 Å². The average Bonchev–Trinajstić information content (AvgIpc) is 3.28. The minimum Gasteiger partial charge on any atom is -0.493 e. The van der Waals surface area contributed by atoms with Gasteiger partial charge in [-0.3, -0.25) is 0 Å². The number of esters is 1. The molecule has 6 nitrogen and oxygen atoms in total. The molecule has 136 valence electrons. The molecule has 1 aromatic carbocycles. The molecule has 2 heterocycles. The third kappa shape index (κ3) is 4.23. The number of nitrogens with zero attached hydrogens (tertiary/aromatic N) is 1. The molecule has 0 N–H and O–H groups in total. The fraction of sp³-hybridized carbons (Fsp3) is 0.263. The van der Waals surface area contributed by atoms with Crippen LogP contribution in [0.5, 0.6) is 11.5 Å². The molecule has 0 radical (unpaired) electrons. The van der Waals surface area contributed by atoms with Gasteiger partial charge in [-0.25, -0.2) is 9.78 Å². The van der Waals surface area contributed by atoms with Crippen molar-refractivity contribution in [2.24, 2.45) is 0 Å². The Morgan fingerprint density at radius 2 is 2.08 bits per heavy atom. The summed E-state index contributed by atoms with van der Waals surface area (Å²) >= 11 is 1.54. The van der Waals surface area contributed by atoms with E-state index >= 15 is 0 Å². The van der Waals surface area contributed by atoms with Gasteiger partial charge in [-0.05, 0) is 43.0 Å². The zero-order valence-corrected chi connectivity index (χ0v) is 15.6. The first-order valence-corrected chi connectivity index (χ1v) is 8.88. The molecule has 0 bridgehead atoms. The van der Waals surface area contributed by atoms with Gasteiger partial charge in [0.1, 0.15) is 18.1 Å². The molecular formula is C19H19NO5S. The molecule has 0 aliphatic carbocycles. The zero-order valence-electron chi connectivity index (χ0n) is 14.8. The Hall–Kier alpha value is -2.80. The highest BCUT2D eigenvalue weighted by atomic mass is 32.1. The van der Waals surface area contributed by atoms with E-state index < -0.39 is 5.97 Å². The molecule has 0 aliphatic rings. The van der Waals surface area contributed by atoms with Gasteiger partial charge < -0.3 is 18.6 Å². The Bertz CT molecular complexity index is 885. The van der Waals surface area contributed by atoms with Crippen LogP contribution in [0, 0.1) is 13.8 Å². The van der Waals surface area contributed by atoms with Crippen LogP contribution in [0.25, 0.3) is 10.8 Å². The summed E-state index contributed by atoms with van der Waals surface area (Å²) in [5, 5.41) is 1.95. The largest absolute Gasteiger partial charge is 0.493 e. The number of rotatable bonds is 7. The van der Waals surface area contributed by atoms with Crippen molar-refractivity contribution in [1.29, 1.82) is 0 Å². The fourth-order valence-electron chi connectivity index (χ4n) is 2.29. The normalized spacial score (nSPS) is 10.6. The Morgan fingerprint density at radius 1 is 1.23 bits per heavy atom. The lowest BCUT2D eigenvalue weighted by Crippen LogP contribution is -2.15. The molecule has 0 aliphatic heterocycles. The summed E-state index contributed by atoms with van der Waals surface area (Å²) in [6.45, 7) is 3.56. The summed E-state index contributed by atoms with van der Waals surface area (Å²) in [5.74, 6) is 1.73. The highest BCUT2D eigenvalue weighted by Gasteiger charge is 2.15. The van der Waals surface area contributed by atoms with E-state index in [2.05, 4.69) is 4.98 Å². The van der Waals surface area contributed by atoms with Crippen LogP contribution in [0.2, 0.25) is 0 Å². The number of methoxy groups -OCH3 is 1. The van der Waals surface area contributed by atoms with Crippen molar-refractivity contribution in [2.45, 2.75) is 20.5 Å². The number of thiophene rings is 1. The van der Waals surface area contributed by atoms with Gasteiger partial charge >= 0.3 is 5.97 Å². The van der Waals surface area contributed by atoms with Gasteiger partial charge in [0.05, 0.1) is 12.0 Å². The fourth-order valence-corrected chi connectivity index (χ4v) is 2.94. The molecule has 2 aromatic heterocycles. The number of ether oxygens (including phenoxy) is 3. The van der Waals surface area contributed by atoms with Gasteiger partial charge in [-0.1, -0.05) is 12.1 Å². The van der Waals surface area contributed by atoms with Crippen LogP contribution in [-0.4, -0.2) is 24.7 Å². The number of aryl methyl sites for hydroxylation is 2. The first-order chi connectivity index (χ1) is 12.6. The molecule has 0 amide bonds. The maximum absolute atomic E-state index is 12.0. The van der Waals surface area contributed by atoms with Gasteiger partial charge in [0.15, 0.2) is 18.1 Å². The summed E-state index contributed by atoms with van der Waals surface area (Å²) in [4.78, 5) is 17.3. The first-order valence-electron chi connectivity index (χ1n) is 8.00. The summed E-state index contributed by atoms with van der Waals surface area (Å²) in [6.07, 6.45) is 0. The standard InChI is InChI=1S/C19H19NO5S/c1-12-6-7-15(16(9-12)22-3)23-11-18(21)24-10-14-13(2)25-19(20-14)17-5-4-8-26-17/h4-9H,10-11H2,1-3H3. The Labute approximate surface area is 155 Å². The SMILES string of the molecule is COc1cc(C)ccc1OCC(=O)OCc1nc(-c2cccs2)oc1C. The van der Waals surface area contributed by atoms with E-state index in [0.29, 0.717) is 28.8 Å². The summed E-state index contributed by atoms with van der Waals surface area (Å²) in [5.41, 5.74) is 1.63. The molecule has 0 saturated heterocycles. The third-order valence-corrected chi connectivity index (χ3v) is 4.52. The summed E-state index contributed by atoms with van der Waals surface area (Å²) in [7, 11) is 1.55. The van der Waals surface area contributed by atoms with Gasteiger partial charge in [-0.2, -0.15) is 0 Å². The van der Waals surface area contributed by atoms with Crippen LogP contribution in [0.3, 0.4) is 0 Å². The molecule has 3 rings (SSSR count). The lowest BCUT2D eigenvalue weighted by Gasteiger charge is -2.10. The maximum atomic E-state index is 12.0. The Balaban J connectivity index is 1.55. The van der Waals surface area contributed by atoms with E-state index in [9.17, 15) is 4.79 Å². The average molecular weight is 373 g/mol. The Morgan fingerprint density at radius 3 is 2.81 bits per heavy atom. The molecule has 0 fully saturated rings.